The van der Waals surface area contributed by atoms with Gasteiger partial charge in [-0.2, -0.15) is 4.98 Å². The summed E-state index contributed by atoms with van der Waals surface area (Å²) in [5, 5.41) is 0.925. The fourth-order valence-corrected chi connectivity index (χ4v) is 2.04. The first-order valence-corrected chi connectivity index (χ1v) is 6.43. The van der Waals surface area contributed by atoms with Crippen LogP contribution >= 0.6 is 48.0 Å². The average molecular weight is 371 g/mol. The molecule has 2 aromatic rings. The van der Waals surface area contributed by atoms with E-state index in [1.165, 1.54) is 0 Å². The Bertz CT molecular complexity index is 596. The number of ether oxygens (including phenoxy) is 1. The van der Waals surface area contributed by atoms with Crippen LogP contribution < -0.4 is 16.2 Å². The van der Waals surface area contributed by atoms with Gasteiger partial charge in [-0.3, -0.25) is 0 Å². The topological polar surface area (TPSA) is 74.2 Å². The van der Waals surface area contributed by atoms with Crippen LogP contribution in [0.15, 0.2) is 30.3 Å². The predicted molar refractivity (Wildman–Crippen MR) is 93.2 cm³/mol. The van der Waals surface area contributed by atoms with Crippen molar-refractivity contribution in [3.63, 3.8) is 0 Å². The Morgan fingerprint density at radius 3 is 2.43 bits per heavy atom. The highest BCUT2D eigenvalue weighted by Crippen LogP contribution is 2.37. The Hall–Kier alpha value is -0.910. The Morgan fingerprint density at radius 2 is 1.76 bits per heavy atom. The van der Waals surface area contributed by atoms with Crippen LogP contribution in [0.5, 0.6) is 5.88 Å². The van der Waals surface area contributed by atoms with Crippen molar-refractivity contribution in [1.29, 1.82) is 0 Å². The van der Waals surface area contributed by atoms with E-state index < -0.39 is 0 Å². The van der Waals surface area contributed by atoms with E-state index in [9.17, 15) is 0 Å². The van der Waals surface area contributed by atoms with E-state index in [0.717, 1.165) is 11.1 Å². The monoisotopic (exact) mass is 369 g/mol. The van der Waals surface area contributed by atoms with Crippen molar-refractivity contribution in [2.45, 2.75) is 0 Å². The van der Waals surface area contributed by atoms with Crippen LogP contribution in [0.2, 0.25) is 10.0 Å². The maximum Gasteiger partial charge on any atom is 0.223 e. The number of halogens is 4. The van der Waals surface area contributed by atoms with Gasteiger partial charge in [0.05, 0.1) is 10.0 Å². The van der Waals surface area contributed by atoms with Crippen LogP contribution in [0.1, 0.15) is 0 Å². The molecule has 21 heavy (non-hydrogen) atoms. The molecule has 4 nitrogen and oxygen atoms in total. The second kappa shape index (κ2) is 9.18. The van der Waals surface area contributed by atoms with Crippen molar-refractivity contribution in [2.24, 2.45) is 5.73 Å². The molecule has 0 unspecified atom stereocenters. The molecule has 116 valence electrons. The van der Waals surface area contributed by atoms with Gasteiger partial charge in [-0.15, -0.1) is 24.8 Å². The second-order valence-corrected chi connectivity index (χ2v) is 4.61. The van der Waals surface area contributed by atoms with Crippen LogP contribution in [0, 0.1) is 0 Å². The van der Waals surface area contributed by atoms with Gasteiger partial charge in [0.1, 0.15) is 12.4 Å². The third-order valence-electron chi connectivity index (χ3n) is 2.48. The lowest BCUT2D eigenvalue weighted by Gasteiger charge is -2.12. The molecule has 4 N–H and O–H groups in total. The zero-order valence-electron chi connectivity index (χ0n) is 10.9. The smallest absolute Gasteiger partial charge is 0.223 e. The molecule has 2 rings (SSSR count). The number of nitrogens with zero attached hydrogens (tertiary/aromatic N) is 1. The Balaban J connectivity index is 0.00000200. The SMILES string of the molecule is Cl.Cl.NCCOc1nc(N)ccc1-c1cccc(Cl)c1Cl. The van der Waals surface area contributed by atoms with Crippen LogP contribution in [0.4, 0.5) is 5.82 Å². The van der Waals surface area contributed by atoms with Crippen molar-refractivity contribution >= 4 is 53.8 Å². The lowest BCUT2D eigenvalue weighted by molar-refractivity contribution is 0.317. The summed E-state index contributed by atoms with van der Waals surface area (Å²) in [5.74, 6) is 0.767. The minimum atomic E-state index is 0. The van der Waals surface area contributed by atoms with Crippen molar-refractivity contribution in [3.8, 4) is 17.0 Å². The molecule has 1 heterocycles. The molecule has 0 spiro atoms. The van der Waals surface area contributed by atoms with Crippen LogP contribution in [-0.2, 0) is 0 Å². The number of nitrogen functional groups attached to an aromatic ring is 1. The average Bonchev–Trinajstić information content (AvgIpc) is 2.40. The standard InChI is InChI=1S/C13H13Cl2N3O.2ClH/c14-10-3-1-2-8(12(10)15)9-4-5-11(17)18-13(9)19-7-6-16;;/h1-5H,6-7,16H2,(H2,17,18);2*1H. The van der Waals surface area contributed by atoms with E-state index in [-0.39, 0.29) is 24.8 Å². The van der Waals surface area contributed by atoms with Crippen molar-refractivity contribution in [1.82, 2.24) is 4.98 Å². The molecule has 0 amide bonds. The minimum absolute atomic E-state index is 0. The summed E-state index contributed by atoms with van der Waals surface area (Å²) in [6, 6.07) is 8.86. The maximum absolute atomic E-state index is 6.20. The third kappa shape index (κ3) is 4.80. The lowest BCUT2D eigenvalue weighted by Crippen LogP contribution is -2.12. The Kier molecular flexibility index (Phi) is 8.78. The van der Waals surface area contributed by atoms with Crippen LogP contribution in [-0.4, -0.2) is 18.1 Å². The lowest BCUT2D eigenvalue weighted by atomic mass is 10.1. The van der Waals surface area contributed by atoms with Crippen molar-refractivity contribution in [3.05, 3.63) is 40.4 Å². The van der Waals surface area contributed by atoms with E-state index in [1.54, 1.807) is 18.2 Å². The molecule has 0 saturated carbocycles. The van der Waals surface area contributed by atoms with E-state index in [0.29, 0.717) is 34.9 Å². The Labute approximate surface area is 145 Å². The van der Waals surface area contributed by atoms with Gasteiger partial charge in [-0.25, -0.2) is 0 Å². The van der Waals surface area contributed by atoms with Crippen LogP contribution in [0.25, 0.3) is 11.1 Å². The quantitative estimate of drug-likeness (QED) is 0.857. The molecule has 8 heteroatoms. The molecule has 0 fully saturated rings. The van der Waals surface area contributed by atoms with Crippen molar-refractivity contribution < 1.29 is 4.74 Å². The molecule has 1 aromatic carbocycles. The number of hydrogen-bond donors (Lipinski definition) is 2. The van der Waals surface area contributed by atoms with Gasteiger partial charge < -0.3 is 16.2 Å². The van der Waals surface area contributed by atoms with Gasteiger partial charge in [-0.05, 0) is 18.2 Å². The number of aromatic nitrogens is 1. The fourth-order valence-electron chi connectivity index (χ4n) is 1.64. The second-order valence-electron chi connectivity index (χ2n) is 3.83. The molecule has 0 aliphatic rings. The zero-order chi connectivity index (χ0) is 13.8. The number of benzene rings is 1. The van der Waals surface area contributed by atoms with Crippen molar-refractivity contribution in [2.75, 3.05) is 18.9 Å². The third-order valence-corrected chi connectivity index (χ3v) is 3.30. The van der Waals surface area contributed by atoms with E-state index >= 15 is 0 Å². The molecule has 1 aromatic heterocycles. The first-order valence-electron chi connectivity index (χ1n) is 5.67. The highest BCUT2D eigenvalue weighted by atomic mass is 35.5. The van der Waals surface area contributed by atoms with Gasteiger partial charge in [-0.1, -0.05) is 35.3 Å². The molecule has 0 aliphatic heterocycles. The van der Waals surface area contributed by atoms with Gasteiger partial charge in [0.2, 0.25) is 5.88 Å². The van der Waals surface area contributed by atoms with E-state index in [4.69, 9.17) is 39.4 Å². The number of rotatable bonds is 4. The minimum Gasteiger partial charge on any atom is -0.476 e. The van der Waals surface area contributed by atoms with Gasteiger partial charge >= 0.3 is 0 Å². The van der Waals surface area contributed by atoms with Gasteiger partial charge in [0.25, 0.3) is 0 Å². The maximum atomic E-state index is 6.20. The summed E-state index contributed by atoms with van der Waals surface area (Å²) in [5.41, 5.74) is 12.6. The Morgan fingerprint density at radius 1 is 1.05 bits per heavy atom. The fraction of sp³-hybridized carbons (Fsp3) is 0.154. The zero-order valence-corrected chi connectivity index (χ0v) is 14.0. The first kappa shape index (κ1) is 20.1. The number of nitrogens with two attached hydrogens (primary N) is 2. The molecule has 0 radical (unpaired) electrons. The number of anilines is 1. The molecule has 0 bridgehead atoms. The summed E-state index contributed by atoms with van der Waals surface area (Å²) in [7, 11) is 0. The van der Waals surface area contributed by atoms with Crippen LogP contribution in [0.3, 0.4) is 0 Å². The summed E-state index contributed by atoms with van der Waals surface area (Å²) in [4.78, 5) is 4.16. The van der Waals surface area contributed by atoms with Gasteiger partial charge in [0, 0.05) is 17.7 Å². The number of hydrogen-bond acceptors (Lipinski definition) is 4. The summed E-state index contributed by atoms with van der Waals surface area (Å²) < 4.78 is 5.50. The molecule has 0 atom stereocenters. The largest absolute Gasteiger partial charge is 0.476 e. The number of pyridine rings is 1. The van der Waals surface area contributed by atoms with E-state index in [2.05, 4.69) is 4.98 Å². The molecular formula is C13H15Cl4N3O. The summed E-state index contributed by atoms with van der Waals surface area (Å²) in [6.07, 6.45) is 0. The van der Waals surface area contributed by atoms with Gasteiger partial charge in [0.15, 0.2) is 0 Å². The highest BCUT2D eigenvalue weighted by Gasteiger charge is 2.13. The first-order chi connectivity index (χ1) is 9.13. The molecule has 0 aliphatic carbocycles. The molecule has 0 saturated heterocycles. The van der Waals surface area contributed by atoms with E-state index in [1.807, 2.05) is 12.1 Å². The molecular weight excluding hydrogens is 356 g/mol. The highest BCUT2D eigenvalue weighted by molar-refractivity contribution is 6.43. The summed E-state index contributed by atoms with van der Waals surface area (Å²) in [6.45, 7) is 0.737. The summed E-state index contributed by atoms with van der Waals surface area (Å²) >= 11 is 12.2. The normalized spacial score (nSPS) is 9.48. The predicted octanol–water partition coefficient (Wildman–Crippen LogP) is 3.82.